The highest BCUT2D eigenvalue weighted by Gasteiger charge is 2.31. The molecule has 3 heterocycles. The number of carbonyl (C=O) groups is 3. The Labute approximate surface area is 197 Å². The van der Waals surface area contributed by atoms with Crippen molar-refractivity contribution < 1.29 is 19.1 Å². The van der Waals surface area contributed by atoms with Gasteiger partial charge in [-0.15, -0.1) is 0 Å². The van der Waals surface area contributed by atoms with E-state index in [4.69, 9.17) is 17.0 Å². The number of amides is 3. The molecule has 0 saturated carbocycles. The number of methoxy groups -OCH3 is 1. The van der Waals surface area contributed by atoms with Gasteiger partial charge in [-0.25, -0.2) is 0 Å². The number of hydrogen-bond donors (Lipinski definition) is 1. The van der Waals surface area contributed by atoms with Crippen molar-refractivity contribution in [1.82, 2.24) is 29.5 Å². The Morgan fingerprint density at radius 1 is 0.939 bits per heavy atom. The highest BCUT2D eigenvalue weighted by atomic mass is 32.1. The molecule has 2 fully saturated rings. The SMILES string of the molecule is COc1ccc(-c2n[nH]c(=S)n2CCC(=O)N2CCN(C(=O)C(=O)N3CCCC3)CC2)cc1. The van der Waals surface area contributed by atoms with E-state index in [0.717, 1.165) is 24.2 Å². The monoisotopic (exact) mass is 472 g/mol. The summed E-state index contributed by atoms with van der Waals surface area (Å²) in [5, 5.41) is 7.11. The predicted octanol–water partition coefficient (Wildman–Crippen LogP) is 1.30. The molecule has 1 N–H and O–H groups in total. The van der Waals surface area contributed by atoms with Crippen LogP contribution in [0.5, 0.6) is 5.75 Å². The first-order chi connectivity index (χ1) is 16.0. The number of H-pyrrole nitrogens is 1. The highest BCUT2D eigenvalue weighted by Crippen LogP contribution is 2.21. The summed E-state index contributed by atoms with van der Waals surface area (Å²) in [6, 6.07) is 7.47. The van der Waals surface area contributed by atoms with Gasteiger partial charge < -0.3 is 19.4 Å². The molecule has 10 nitrogen and oxygen atoms in total. The van der Waals surface area contributed by atoms with E-state index in [-0.39, 0.29) is 12.3 Å². The molecule has 0 aliphatic carbocycles. The predicted molar refractivity (Wildman–Crippen MR) is 123 cm³/mol. The molecule has 1 aromatic carbocycles. The minimum absolute atomic E-state index is 0.0169. The third-order valence-electron chi connectivity index (χ3n) is 6.15. The van der Waals surface area contributed by atoms with Crippen molar-refractivity contribution in [2.24, 2.45) is 0 Å². The Kier molecular flexibility index (Phi) is 7.07. The number of aromatic nitrogens is 3. The molecule has 0 unspecified atom stereocenters. The van der Waals surface area contributed by atoms with Gasteiger partial charge in [0.05, 0.1) is 7.11 Å². The first kappa shape index (κ1) is 23.0. The van der Waals surface area contributed by atoms with Crippen LogP contribution in [0.1, 0.15) is 19.3 Å². The van der Waals surface area contributed by atoms with Gasteiger partial charge in [-0.2, -0.15) is 5.10 Å². The summed E-state index contributed by atoms with van der Waals surface area (Å²) in [5.74, 6) is 0.503. The molecule has 4 rings (SSSR count). The molecule has 2 aliphatic rings. The van der Waals surface area contributed by atoms with E-state index in [0.29, 0.717) is 56.4 Å². The van der Waals surface area contributed by atoms with Crippen LogP contribution < -0.4 is 4.74 Å². The molecule has 1 aromatic heterocycles. The van der Waals surface area contributed by atoms with Crippen LogP contribution in [-0.4, -0.2) is 93.6 Å². The number of piperazine rings is 1. The molecule has 0 atom stereocenters. The number of rotatable bonds is 5. The summed E-state index contributed by atoms with van der Waals surface area (Å²) in [5.41, 5.74) is 0.866. The molecule has 3 amide bonds. The Bertz CT molecular complexity index is 1070. The van der Waals surface area contributed by atoms with Crippen molar-refractivity contribution in [1.29, 1.82) is 0 Å². The van der Waals surface area contributed by atoms with Gasteiger partial charge in [-0.3, -0.25) is 24.0 Å². The zero-order valence-corrected chi connectivity index (χ0v) is 19.5. The zero-order valence-electron chi connectivity index (χ0n) is 18.7. The Morgan fingerprint density at radius 2 is 1.52 bits per heavy atom. The maximum absolute atomic E-state index is 12.8. The minimum Gasteiger partial charge on any atom is -0.497 e. The molecule has 176 valence electrons. The van der Waals surface area contributed by atoms with Crippen molar-refractivity contribution >= 4 is 29.9 Å². The maximum Gasteiger partial charge on any atom is 0.312 e. The quantitative estimate of drug-likeness (QED) is 0.520. The Hall–Kier alpha value is -3.21. The van der Waals surface area contributed by atoms with Crippen molar-refractivity contribution in [3.63, 3.8) is 0 Å². The van der Waals surface area contributed by atoms with E-state index >= 15 is 0 Å². The van der Waals surface area contributed by atoms with E-state index in [2.05, 4.69) is 10.2 Å². The molecule has 0 bridgehead atoms. The van der Waals surface area contributed by atoms with E-state index in [9.17, 15) is 14.4 Å². The second kappa shape index (κ2) is 10.2. The number of nitrogens with zero attached hydrogens (tertiary/aromatic N) is 5. The summed E-state index contributed by atoms with van der Waals surface area (Å²) >= 11 is 5.36. The standard InChI is InChI=1S/C22H28N6O4S/c1-32-17-6-4-16(5-7-17)19-23-24-22(33)28(19)11-8-18(29)25-12-14-27(15-13-25)21(31)20(30)26-9-2-3-10-26/h4-7H,2-3,8-15H2,1H3,(H,24,33). The first-order valence-electron chi connectivity index (χ1n) is 11.1. The lowest BCUT2D eigenvalue weighted by Gasteiger charge is -2.35. The number of nitrogens with one attached hydrogen (secondary N) is 1. The number of hydrogen-bond acceptors (Lipinski definition) is 6. The first-order valence-corrected chi connectivity index (χ1v) is 11.5. The van der Waals surface area contributed by atoms with Crippen molar-refractivity contribution in [2.75, 3.05) is 46.4 Å². The fourth-order valence-corrected chi connectivity index (χ4v) is 4.42. The van der Waals surface area contributed by atoms with Crippen molar-refractivity contribution in [2.45, 2.75) is 25.8 Å². The summed E-state index contributed by atoms with van der Waals surface area (Å²) in [6.45, 7) is 3.26. The van der Waals surface area contributed by atoms with Gasteiger partial charge in [-0.1, -0.05) is 0 Å². The topological polar surface area (TPSA) is 104 Å². The van der Waals surface area contributed by atoms with Gasteiger partial charge in [0.2, 0.25) is 5.91 Å². The lowest BCUT2D eigenvalue weighted by molar-refractivity contribution is -0.153. The number of likely N-dealkylation sites (tertiary alicyclic amines) is 1. The highest BCUT2D eigenvalue weighted by molar-refractivity contribution is 7.71. The molecule has 33 heavy (non-hydrogen) atoms. The fourth-order valence-electron chi connectivity index (χ4n) is 4.20. The number of carbonyl (C=O) groups excluding carboxylic acids is 3. The molecule has 11 heteroatoms. The smallest absolute Gasteiger partial charge is 0.312 e. The van der Waals surface area contributed by atoms with Gasteiger partial charge in [0, 0.05) is 57.8 Å². The minimum atomic E-state index is -0.460. The van der Waals surface area contributed by atoms with Gasteiger partial charge in [0.1, 0.15) is 5.75 Å². The average molecular weight is 473 g/mol. The van der Waals surface area contributed by atoms with Crippen LogP contribution in [0.15, 0.2) is 24.3 Å². The van der Waals surface area contributed by atoms with Crippen LogP contribution in [0.2, 0.25) is 0 Å². The lowest BCUT2D eigenvalue weighted by Crippen LogP contribution is -2.54. The largest absolute Gasteiger partial charge is 0.497 e. The van der Waals surface area contributed by atoms with Crippen LogP contribution >= 0.6 is 12.2 Å². The van der Waals surface area contributed by atoms with Crippen molar-refractivity contribution in [3.8, 4) is 17.1 Å². The Morgan fingerprint density at radius 3 is 2.12 bits per heavy atom. The zero-order chi connectivity index (χ0) is 23.4. The van der Waals surface area contributed by atoms with Crippen LogP contribution in [0, 0.1) is 4.77 Å². The van der Waals surface area contributed by atoms with Crippen LogP contribution in [0.3, 0.4) is 0 Å². The van der Waals surface area contributed by atoms with Crippen LogP contribution in [0.25, 0.3) is 11.4 Å². The Balaban J connectivity index is 1.31. The van der Waals surface area contributed by atoms with E-state index in [1.807, 2.05) is 28.8 Å². The molecular formula is C22H28N6O4S. The molecule has 0 radical (unpaired) electrons. The van der Waals surface area contributed by atoms with E-state index in [1.165, 1.54) is 0 Å². The second-order valence-corrected chi connectivity index (χ2v) is 8.54. The molecule has 2 aliphatic heterocycles. The molecular weight excluding hydrogens is 444 g/mol. The number of ether oxygens (including phenoxy) is 1. The fraction of sp³-hybridized carbons (Fsp3) is 0.500. The molecule has 2 saturated heterocycles. The summed E-state index contributed by atoms with van der Waals surface area (Å²) in [4.78, 5) is 42.5. The maximum atomic E-state index is 12.8. The lowest BCUT2D eigenvalue weighted by atomic mass is 10.2. The average Bonchev–Trinajstić information content (AvgIpc) is 3.52. The van der Waals surface area contributed by atoms with Crippen LogP contribution in [-0.2, 0) is 20.9 Å². The van der Waals surface area contributed by atoms with E-state index in [1.54, 1.807) is 21.8 Å². The van der Waals surface area contributed by atoms with Gasteiger partial charge in [-0.05, 0) is 49.3 Å². The normalized spacial score (nSPS) is 16.2. The number of aromatic amines is 1. The van der Waals surface area contributed by atoms with Gasteiger partial charge in [0.15, 0.2) is 10.6 Å². The third-order valence-corrected chi connectivity index (χ3v) is 6.46. The summed E-state index contributed by atoms with van der Waals surface area (Å²) in [7, 11) is 1.61. The third kappa shape index (κ3) is 5.08. The second-order valence-electron chi connectivity index (χ2n) is 8.15. The van der Waals surface area contributed by atoms with Crippen molar-refractivity contribution in [3.05, 3.63) is 29.0 Å². The van der Waals surface area contributed by atoms with Gasteiger partial charge in [0.25, 0.3) is 0 Å². The number of benzene rings is 1. The molecule has 2 aromatic rings. The molecule has 0 spiro atoms. The summed E-state index contributed by atoms with van der Waals surface area (Å²) < 4.78 is 7.45. The summed E-state index contributed by atoms with van der Waals surface area (Å²) in [6.07, 6.45) is 2.15. The van der Waals surface area contributed by atoms with Crippen LogP contribution in [0.4, 0.5) is 0 Å². The van der Waals surface area contributed by atoms with E-state index < -0.39 is 11.8 Å². The van der Waals surface area contributed by atoms with Gasteiger partial charge >= 0.3 is 11.8 Å².